The number of pyridine rings is 1. The average molecular weight is 466 g/mol. The van der Waals surface area contributed by atoms with Crippen molar-refractivity contribution in [1.82, 2.24) is 20.3 Å². The van der Waals surface area contributed by atoms with Gasteiger partial charge in [-0.25, -0.2) is 4.98 Å². The molecule has 2 aromatic heterocycles. The predicted octanol–water partition coefficient (Wildman–Crippen LogP) is 3.56. The number of hydrogen-bond donors (Lipinski definition) is 2. The molecule has 35 heavy (non-hydrogen) atoms. The maximum Gasteiger partial charge on any atom is 0.255 e. The van der Waals surface area contributed by atoms with Crippen LogP contribution in [0.5, 0.6) is 0 Å². The molecule has 176 valence electrons. The Morgan fingerprint density at radius 1 is 1.06 bits per heavy atom. The van der Waals surface area contributed by atoms with Crippen molar-refractivity contribution in [1.29, 1.82) is 0 Å². The zero-order chi connectivity index (χ0) is 24.2. The van der Waals surface area contributed by atoms with Crippen molar-refractivity contribution >= 4 is 11.6 Å². The largest absolute Gasteiger partial charge is 0.367 e. The lowest BCUT2D eigenvalue weighted by atomic mass is 10.1. The summed E-state index contributed by atoms with van der Waals surface area (Å²) < 4.78 is 0. The van der Waals surface area contributed by atoms with Gasteiger partial charge in [0, 0.05) is 54.5 Å². The predicted molar refractivity (Wildman–Crippen MR) is 136 cm³/mol. The summed E-state index contributed by atoms with van der Waals surface area (Å²) in [6, 6.07) is 20.5. The lowest BCUT2D eigenvalue weighted by Gasteiger charge is -2.19. The van der Waals surface area contributed by atoms with Crippen LogP contribution in [0.2, 0.25) is 0 Å². The molecular formula is C28H27N5O2. The highest BCUT2D eigenvalue weighted by Crippen LogP contribution is 2.28. The van der Waals surface area contributed by atoms with Crippen molar-refractivity contribution in [2.45, 2.75) is 32.9 Å². The molecule has 0 atom stereocenters. The fourth-order valence-corrected chi connectivity index (χ4v) is 4.44. The van der Waals surface area contributed by atoms with Gasteiger partial charge >= 0.3 is 0 Å². The summed E-state index contributed by atoms with van der Waals surface area (Å²) in [5, 5.41) is 2.91. The molecule has 3 heterocycles. The Kier molecular flexibility index (Phi) is 6.39. The minimum atomic E-state index is -0.306. The van der Waals surface area contributed by atoms with Crippen molar-refractivity contribution in [3.8, 4) is 11.4 Å². The quantitative estimate of drug-likeness (QED) is 0.436. The fourth-order valence-electron chi connectivity index (χ4n) is 4.44. The molecule has 0 fully saturated rings. The summed E-state index contributed by atoms with van der Waals surface area (Å²) in [5.41, 5.74) is 6.30. The summed E-state index contributed by atoms with van der Waals surface area (Å²) in [7, 11) is 0. The standard InChI is InChI=1S/C28H27N5O2/c1-19-24(28(35)32-27(31-19)23-6-4-13-29-17-23)15-26(34)30-16-20-8-10-21(11-9-20)18-33-14-12-22-5-2-3-7-25(22)33/h2-11,13,17H,12,14-16,18H2,1H3,(H,30,34)(H,31,32,35). The van der Waals surface area contributed by atoms with Crippen LogP contribution in [0.4, 0.5) is 5.69 Å². The summed E-state index contributed by atoms with van der Waals surface area (Å²) >= 11 is 0. The number of aromatic nitrogens is 3. The number of anilines is 1. The van der Waals surface area contributed by atoms with E-state index >= 15 is 0 Å². The molecule has 0 saturated heterocycles. The topological polar surface area (TPSA) is 91.0 Å². The number of fused-ring (bicyclic) bond motifs is 1. The summed E-state index contributed by atoms with van der Waals surface area (Å²) in [6.07, 6.45) is 4.37. The van der Waals surface area contributed by atoms with E-state index in [0.717, 1.165) is 30.6 Å². The first kappa shape index (κ1) is 22.5. The van der Waals surface area contributed by atoms with Crippen LogP contribution in [0.3, 0.4) is 0 Å². The minimum absolute atomic E-state index is 0.0199. The molecule has 0 bridgehead atoms. The van der Waals surface area contributed by atoms with Gasteiger partial charge in [0.2, 0.25) is 5.91 Å². The van der Waals surface area contributed by atoms with E-state index < -0.39 is 0 Å². The monoisotopic (exact) mass is 465 g/mol. The third-order valence-electron chi connectivity index (χ3n) is 6.36. The zero-order valence-electron chi connectivity index (χ0n) is 19.6. The van der Waals surface area contributed by atoms with Crippen LogP contribution >= 0.6 is 0 Å². The smallest absolute Gasteiger partial charge is 0.255 e. The Labute approximate surface area is 203 Å². The van der Waals surface area contributed by atoms with Crippen LogP contribution in [0, 0.1) is 6.92 Å². The van der Waals surface area contributed by atoms with Crippen LogP contribution in [0.1, 0.15) is 27.9 Å². The Hall–Kier alpha value is -4.26. The van der Waals surface area contributed by atoms with Gasteiger partial charge in [0.1, 0.15) is 5.82 Å². The summed E-state index contributed by atoms with van der Waals surface area (Å²) in [6.45, 7) is 4.06. The number of amides is 1. The van der Waals surface area contributed by atoms with Crippen molar-refractivity contribution in [2.75, 3.05) is 11.4 Å². The molecule has 7 nitrogen and oxygen atoms in total. The number of hydrogen-bond acceptors (Lipinski definition) is 5. The number of aromatic amines is 1. The maximum absolute atomic E-state index is 12.6. The highest BCUT2D eigenvalue weighted by Gasteiger charge is 2.18. The highest BCUT2D eigenvalue weighted by atomic mass is 16.2. The minimum Gasteiger partial charge on any atom is -0.367 e. The van der Waals surface area contributed by atoms with Gasteiger partial charge in [-0.15, -0.1) is 0 Å². The molecule has 5 rings (SSSR count). The van der Waals surface area contributed by atoms with Gasteiger partial charge in [-0.3, -0.25) is 14.6 Å². The van der Waals surface area contributed by atoms with E-state index in [1.54, 1.807) is 25.4 Å². The summed E-state index contributed by atoms with van der Waals surface area (Å²) in [5.74, 6) is 0.231. The third kappa shape index (κ3) is 5.14. The molecule has 1 amide bonds. The van der Waals surface area contributed by atoms with Gasteiger partial charge in [0.25, 0.3) is 5.56 Å². The van der Waals surface area contributed by atoms with E-state index in [-0.39, 0.29) is 17.9 Å². The average Bonchev–Trinajstić information content (AvgIpc) is 3.29. The van der Waals surface area contributed by atoms with Crippen molar-refractivity contribution in [3.63, 3.8) is 0 Å². The van der Waals surface area contributed by atoms with Gasteiger partial charge in [-0.1, -0.05) is 42.5 Å². The second-order valence-electron chi connectivity index (χ2n) is 8.79. The molecule has 0 unspecified atom stereocenters. The molecular weight excluding hydrogens is 438 g/mol. The number of carbonyl (C=O) groups excluding carboxylic acids is 1. The molecule has 0 spiro atoms. The Morgan fingerprint density at radius 2 is 1.86 bits per heavy atom. The van der Waals surface area contributed by atoms with Gasteiger partial charge in [-0.05, 0) is 48.2 Å². The Balaban J connectivity index is 1.17. The zero-order valence-corrected chi connectivity index (χ0v) is 19.6. The molecule has 7 heteroatoms. The Bertz CT molecular complexity index is 1400. The van der Waals surface area contributed by atoms with Crippen LogP contribution in [-0.2, 0) is 30.7 Å². The third-order valence-corrected chi connectivity index (χ3v) is 6.36. The number of benzene rings is 2. The van der Waals surface area contributed by atoms with Crippen LogP contribution in [0.15, 0.2) is 77.9 Å². The van der Waals surface area contributed by atoms with Gasteiger partial charge < -0.3 is 15.2 Å². The number of rotatable bonds is 7. The number of nitrogens with zero attached hydrogens (tertiary/aromatic N) is 3. The number of H-pyrrole nitrogens is 1. The number of aryl methyl sites for hydroxylation is 1. The van der Waals surface area contributed by atoms with E-state index in [9.17, 15) is 9.59 Å². The van der Waals surface area contributed by atoms with Crippen molar-refractivity contribution in [2.24, 2.45) is 0 Å². The molecule has 0 radical (unpaired) electrons. The molecule has 0 saturated carbocycles. The van der Waals surface area contributed by atoms with E-state index in [4.69, 9.17) is 0 Å². The Morgan fingerprint density at radius 3 is 2.63 bits per heavy atom. The summed E-state index contributed by atoms with van der Waals surface area (Å²) in [4.78, 5) is 38.8. The second-order valence-corrected chi connectivity index (χ2v) is 8.79. The van der Waals surface area contributed by atoms with E-state index in [1.807, 2.05) is 18.2 Å². The lowest BCUT2D eigenvalue weighted by Crippen LogP contribution is -2.29. The first-order chi connectivity index (χ1) is 17.1. The number of para-hydroxylation sites is 1. The first-order valence-electron chi connectivity index (χ1n) is 11.7. The van der Waals surface area contributed by atoms with Crippen LogP contribution in [0.25, 0.3) is 11.4 Å². The first-order valence-corrected chi connectivity index (χ1v) is 11.7. The van der Waals surface area contributed by atoms with Crippen molar-refractivity contribution in [3.05, 3.63) is 111 Å². The van der Waals surface area contributed by atoms with Gasteiger partial charge in [0.15, 0.2) is 0 Å². The van der Waals surface area contributed by atoms with E-state index in [1.165, 1.54) is 16.8 Å². The molecule has 2 aromatic carbocycles. The molecule has 1 aliphatic heterocycles. The molecule has 0 aliphatic carbocycles. The van der Waals surface area contributed by atoms with Crippen LogP contribution < -0.4 is 15.8 Å². The van der Waals surface area contributed by atoms with E-state index in [0.29, 0.717) is 23.6 Å². The van der Waals surface area contributed by atoms with Crippen molar-refractivity contribution < 1.29 is 4.79 Å². The number of nitrogens with one attached hydrogen (secondary N) is 2. The normalized spacial score (nSPS) is 12.4. The second kappa shape index (κ2) is 9.93. The SMILES string of the molecule is Cc1nc(-c2cccnc2)[nH]c(=O)c1CC(=O)NCc1ccc(CN2CCc3ccccc32)cc1. The van der Waals surface area contributed by atoms with E-state index in [2.05, 4.69) is 61.6 Å². The lowest BCUT2D eigenvalue weighted by molar-refractivity contribution is -0.120. The highest BCUT2D eigenvalue weighted by molar-refractivity contribution is 5.78. The molecule has 4 aromatic rings. The van der Waals surface area contributed by atoms with Gasteiger partial charge in [0.05, 0.1) is 6.42 Å². The van der Waals surface area contributed by atoms with Crippen LogP contribution in [-0.4, -0.2) is 27.4 Å². The molecule has 2 N–H and O–H groups in total. The number of carbonyl (C=O) groups is 1. The maximum atomic E-state index is 12.6. The fraction of sp³-hybridized carbons (Fsp3) is 0.214. The molecule has 1 aliphatic rings. The van der Waals surface area contributed by atoms with Gasteiger partial charge in [-0.2, -0.15) is 0 Å².